The van der Waals surface area contributed by atoms with E-state index in [0.717, 1.165) is 31.2 Å². The van der Waals surface area contributed by atoms with Gasteiger partial charge in [-0.25, -0.2) is 0 Å². The van der Waals surface area contributed by atoms with Crippen LogP contribution in [0, 0.1) is 6.92 Å². The smallest absolute Gasteiger partial charge is 0.239 e. The van der Waals surface area contributed by atoms with Crippen molar-refractivity contribution < 1.29 is 4.79 Å². The third-order valence-corrected chi connectivity index (χ3v) is 5.63. The molecule has 7 heteroatoms. The normalized spacial score (nSPS) is 14.6. The number of amides is 1. The number of aryl methyl sites for hydroxylation is 1. The molecule has 0 saturated carbocycles. The number of benzene rings is 2. The summed E-state index contributed by atoms with van der Waals surface area (Å²) in [5.74, 6) is 0.863. The Morgan fingerprint density at radius 2 is 2.00 bits per heavy atom. The van der Waals surface area contributed by atoms with Crippen LogP contribution in [0.4, 0.5) is 5.69 Å². The van der Waals surface area contributed by atoms with E-state index in [1.54, 1.807) is 7.05 Å². The third-order valence-electron chi connectivity index (χ3n) is 5.63. The highest BCUT2D eigenvalue weighted by Gasteiger charge is 2.16. The highest BCUT2D eigenvalue weighted by atomic mass is 16.2. The molecule has 1 amide bonds. The molecule has 4 rings (SSSR count). The van der Waals surface area contributed by atoms with Crippen molar-refractivity contribution in [2.45, 2.75) is 19.9 Å². The van der Waals surface area contributed by atoms with Crippen molar-refractivity contribution in [3.63, 3.8) is 0 Å². The lowest BCUT2D eigenvalue weighted by Crippen LogP contribution is -2.47. The van der Waals surface area contributed by atoms with Crippen LogP contribution in [-0.4, -0.2) is 50.1 Å². The summed E-state index contributed by atoms with van der Waals surface area (Å²) in [5, 5.41) is 10.9. The number of aromatic nitrogens is 1. The van der Waals surface area contributed by atoms with Crippen LogP contribution in [0.1, 0.15) is 16.7 Å². The molecule has 0 bridgehead atoms. The van der Waals surface area contributed by atoms with Crippen LogP contribution in [-0.2, 0) is 17.8 Å². The van der Waals surface area contributed by atoms with E-state index in [1.807, 2.05) is 0 Å². The summed E-state index contributed by atoms with van der Waals surface area (Å²) in [7, 11) is 1.79. The van der Waals surface area contributed by atoms with Crippen LogP contribution in [0.3, 0.4) is 0 Å². The lowest BCUT2D eigenvalue weighted by molar-refractivity contribution is -0.120. The van der Waals surface area contributed by atoms with Gasteiger partial charge in [-0.3, -0.25) is 9.79 Å². The van der Waals surface area contributed by atoms with Crippen molar-refractivity contribution >= 4 is 28.5 Å². The van der Waals surface area contributed by atoms with Crippen LogP contribution < -0.4 is 20.9 Å². The van der Waals surface area contributed by atoms with Crippen LogP contribution in [0.15, 0.2) is 53.7 Å². The van der Waals surface area contributed by atoms with Gasteiger partial charge < -0.3 is 25.8 Å². The predicted octanol–water partition coefficient (Wildman–Crippen LogP) is 2.32. The number of aliphatic imine (C=N–C) groups is 1. The number of anilines is 1. The number of carbonyl (C=O) groups is 1. The Morgan fingerprint density at radius 3 is 2.77 bits per heavy atom. The zero-order chi connectivity index (χ0) is 21.6. The van der Waals surface area contributed by atoms with Gasteiger partial charge in [0, 0.05) is 56.0 Å². The van der Waals surface area contributed by atoms with Crippen molar-refractivity contribution in [3.8, 4) is 0 Å². The number of fused-ring (bicyclic) bond motifs is 1. The molecule has 162 valence electrons. The van der Waals surface area contributed by atoms with Crippen LogP contribution in [0.25, 0.3) is 10.9 Å². The molecule has 31 heavy (non-hydrogen) atoms. The first-order valence-corrected chi connectivity index (χ1v) is 10.7. The Labute approximate surface area is 182 Å². The SMILES string of the molecule is CN=C(NCCc1c[nH]c2cc(C)ccc12)NCc1ccc(N2CCNC(=O)C2)cc1. The maximum absolute atomic E-state index is 11.6. The number of carbonyl (C=O) groups excluding carboxylic acids is 1. The zero-order valence-corrected chi connectivity index (χ0v) is 18.2. The monoisotopic (exact) mass is 418 g/mol. The number of guanidine groups is 1. The topological polar surface area (TPSA) is 84.6 Å². The summed E-state index contributed by atoms with van der Waals surface area (Å²) in [4.78, 5) is 21.4. The number of hydrogen-bond acceptors (Lipinski definition) is 3. The highest BCUT2D eigenvalue weighted by Crippen LogP contribution is 2.19. The second-order valence-electron chi connectivity index (χ2n) is 7.90. The van der Waals surface area contributed by atoms with Gasteiger partial charge in [0.15, 0.2) is 5.96 Å². The Balaban J connectivity index is 1.26. The Bertz CT molecular complexity index is 1070. The van der Waals surface area contributed by atoms with Crippen molar-refractivity contribution in [1.82, 2.24) is 20.9 Å². The zero-order valence-electron chi connectivity index (χ0n) is 18.2. The van der Waals surface area contributed by atoms with Crippen molar-refractivity contribution in [2.75, 3.05) is 38.1 Å². The van der Waals surface area contributed by atoms with E-state index in [-0.39, 0.29) is 5.91 Å². The number of H-pyrrole nitrogens is 1. The van der Waals surface area contributed by atoms with Gasteiger partial charge in [-0.15, -0.1) is 0 Å². The fraction of sp³-hybridized carbons (Fsp3) is 0.333. The van der Waals surface area contributed by atoms with Crippen LogP contribution in [0.2, 0.25) is 0 Å². The molecule has 0 unspecified atom stereocenters. The summed E-state index contributed by atoms with van der Waals surface area (Å²) in [6, 6.07) is 14.8. The molecule has 2 aromatic carbocycles. The van der Waals surface area contributed by atoms with Gasteiger partial charge in [0.25, 0.3) is 0 Å². The molecular weight excluding hydrogens is 388 g/mol. The number of nitrogens with zero attached hydrogens (tertiary/aromatic N) is 2. The van der Waals surface area contributed by atoms with Gasteiger partial charge in [0.1, 0.15) is 0 Å². The molecule has 2 heterocycles. The minimum absolute atomic E-state index is 0.0783. The molecule has 3 aromatic rings. The van der Waals surface area contributed by atoms with E-state index < -0.39 is 0 Å². The van der Waals surface area contributed by atoms with Crippen LogP contribution in [0.5, 0.6) is 0 Å². The fourth-order valence-corrected chi connectivity index (χ4v) is 3.91. The molecular formula is C24H30N6O. The summed E-state index contributed by atoms with van der Waals surface area (Å²) >= 11 is 0. The number of nitrogens with one attached hydrogen (secondary N) is 4. The lowest BCUT2D eigenvalue weighted by atomic mass is 10.1. The van der Waals surface area contributed by atoms with E-state index in [0.29, 0.717) is 19.6 Å². The second-order valence-corrected chi connectivity index (χ2v) is 7.90. The van der Waals surface area contributed by atoms with Gasteiger partial charge >= 0.3 is 0 Å². The average Bonchev–Trinajstić information content (AvgIpc) is 3.18. The number of rotatable bonds is 6. The number of hydrogen-bond donors (Lipinski definition) is 4. The first-order chi connectivity index (χ1) is 15.1. The molecule has 0 aliphatic carbocycles. The molecule has 1 fully saturated rings. The molecule has 0 atom stereocenters. The maximum Gasteiger partial charge on any atom is 0.239 e. The van der Waals surface area contributed by atoms with Gasteiger partial charge in [0.2, 0.25) is 5.91 Å². The number of piperazine rings is 1. The predicted molar refractivity (Wildman–Crippen MR) is 127 cm³/mol. The van der Waals surface area contributed by atoms with E-state index >= 15 is 0 Å². The maximum atomic E-state index is 11.6. The number of aromatic amines is 1. The first kappa shape index (κ1) is 20.8. The van der Waals surface area contributed by atoms with Gasteiger partial charge in [-0.05, 0) is 48.2 Å². The van der Waals surface area contributed by atoms with Crippen molar-refractivity contribution in [2.24, 2.45) is 4.99 Å². The fourth-order valence-electron chi connectivity index (χ4n) is 3.91. The van der Waals surface area contributed by atoms with E-state index in [2.05, 4.69) is 86.4 Å². The summed E-state index contributed by atoms with van der Waals surface area (Å²) in [6.45, 7) is 5.56. The third kappa shape index (κ3) is 5.17. The Kier molecular flexibility index (Phi) is 6.40. The molecule has 0 radical (unpaired) electrons. The van der Waals surface area contributed by atoms with E-state index in [4.69, 9.17) is 0 Å². The molecule has 1 saturated heterocycles. The van der Waals surface area contributed by atoms with Gasteiger partial charge in [-0.1, -0.05) is 24.3 Å². The lowest BCUT2D eigenvalue weighted by Gasteiger charge is -2.28. The minimum Gasteiger partial charge on any atom is -0.361 e. The van der Waals surface area contributed by atoms with Crippen molar-refractivity contribution in [1.29, 1.82) is 0 Å². The van der Waals surface area contributed by atoms with Crippen molar-refractivity contribution in [3.05, 3.63) is 65.4 Å². The molecule has 1 aliphatic rings. The molecule has 7 nitrogen and oxygen atoms in total. The van der Waals surface area contributed by atoms with E-state index in [9.17, 15) is 4.79 Å². The minimum atomic E-state index is 0.0783. The first-order valence-electron chi connectivity index (χ1n) is 10.7. The second kappa shape index (κ2) is 9.55. The Morgan fingerprint density at radius 1 is 1.16 bits per heavy atom. The molecule has 4 N–H and O–H groups in total. The molecule has 1 aliphatic heterocycles. The van der Waals surface area contributed by atoms with Crippen LogP contribution >= 0.6 is 0 Å². The van der Waals surface area contributed by atoms with E-state index in [1.165, 1.54) is 27.6 Å². The summed E-state index contributed by atoms with van der Waals surface area (Å²) in [6.07, 6.45) is 3.01. The van der Waals surface area contributed by atoms with Gasteiger partial charge in [-0.2, -0.15) is 0 Å². The largest absolute Gasteiger partial charge is 0.361 e. The standard InChI is InChI=1S/C24H30N6O/c1-17-3-8-21-19(15-28-22(21)13-17)9-10-27-24(25-2)29-14-18-4-6-20(7-5-18)30-12-11-26-23(31)16-30/h3-8,13,15,28H,9-12,14,16H2,1-2H3,(H,26,31)(H2,25,27,29). The molecule has 1 aromatic heterocycles. The Hall–Kier alpha value is -3.48. The summed E-state index contributed by atoms with van der Waals surface area (Å²) in [5.41, 5.74) is 6.00. The quantitative estimate of drug-likeness (QED) is 0.366. The summed E-state index contributed by atoms with van der Waals surface area (Å²) < 4.78 is 0. The molecule has 0 spiro atoms. The van der Waals surface area contributed by atoms with Gasteiger partial charge in [0.05, 0.1) is 6.54 Å². The average molecular weight is 419 g/mol. The highest BCUT2D eigenvalue weighted by molar-refractivity contribution is 5.84.